The molecular formula is C9H13N3O3. The van der Waals surface area contributed by atoms with Gasteiger partial charge in [-0.25, -0.2) is 14.3 Å². The highest BCUT2D eigenvalue weighted by Gasteiger charge is 2.03. The monoisotopic (exact) mass is 211 g/mol. The molecule has 0 atom stereocenters. The average Bonchev–Trinajstić information content (AvgIpc) is 2.55. The fourth-order valence-corrected chi connectivity index (χ4v) is 1.01. The van der Waals surface area contributed by atoms with Gasteiger partial charge in [0.25, 0.3) is 0 Å². The first-order chi connectivity index (χ1) is 7.06. The Morgan fingerprint density at radius 2 is 2.33 bits per heavy atom. The molecule has 0 bridgehead atoms. The Morgan fingerprint density at radius 3 is 2.80 bits per heavy atom. The molecule has 0 saturated heterocycles. The molecule has 0 aliphatic rings. The number of aryl methyl sites for hydroxylation is 1. The van der Waals surface area contributed by atoms with Crippen molar-refractivity contribution >= 4 is 5.97 Å². The van der Waals surface area contributed by atoms with Gasteiger partial charge in [-0.3, -0.25) is 4.57 Å². The quantitative estimate of drug-likeness (QED) is 0.508. The molecule has 0 amide bonds. The lowest BCUT2D eigenvalue weighted by Gasteiger charge is -1.98. The molecule has 15 heavy (non-hydrogen) atoms. The van der Waals surface area contributed by atoms with E-state index >= 15 is 0 Å². The summed E-state index contributed by atoms with van der Waals surface area (Å²) in [7, 11) is 2.93. The van der Waals surface area contributed by atoms with Crippen LogP contribution in [0.1, 0.15) is 6.92 Å². The van der Waals surface area contributed by atoms with E-state index in [1.165, 1.54) is 22.7 Å². The molecule has 0 radical (unpaired) electrons. The number of nitrogens with zero attached hydrogens (tertiary/aromatic N) is 3. The number of esters is 1. The van der Waals surface area contributed by atoms with Gasteiger partial charge in [-0.15, -0.1) is 0 Å². The van der Waals surface area contributed by atoms with Gasteiger partial charge in [0.15, 0.2) is 0 Å². The summed E-state index contributed by atoms with van der Waals surface area (Å²) in [4.78, 5) is 22.4. The van der Waals surface area contributed by atoms with Gasteiger partial charge in [0, 0.05) is 12.6 Å². The number of ether oxygens (including phenoxy) is 1. The smallest absolute Gasteiger partial charge is 0.345 e. The van der Waals surface area contributed by atoms with Crippen molar-refractivity contribution in [3.8, 4) is 0 Å². The van der Waals surface area contributed by atoms with Gasteiger partial charge in [-0.1, -0.05) is 6.08 Å². The third kappa shape index (κ3) is 2.55. The van der Waals surface area contributed by atoms with E-state index in [2.05, 4.69) is 9.84 Å². The first-order valence-electron chi connectivity index (χ1n) is 4.39. The molecule has 0 aliphatic heterocycles. The number of hydrogen-bond acceptors (Lipinski definition) is 4. The van der Waals surface area contributed by atoms with Gasteiger partial charge < -0.3 is 4.74 Å². The molecule has 0 unspecified atom stereocenters. The Labute approximate surface area is 86.8 Å². The lowest BCUT2D eigenvalue weighted by Crippen LogP contribution is -2.22. The number of allylic oxidation sites excluding steroid dienone is 1. The van der Waals surface area contributed by atoms with Crippen LogP contribution in [0.2, 0.25) is 0 Å². The van der Waals surface area contributed by atoms with E-state index in [4.69, 9.17) is 0 Å². The van der Waals surface area contributed by atoms with E-state index in [9.17, 15) is 9.59 Å². The minimum atomic E-state index is -0.404. The second-order valence-corrected chi connectivity index (χ2v) is 3.09. The normalized spacial score (nSPS) is 11.5. The second kappa shape index (κ2) is 4.59. The summed E-state index contributed by atoms with van der Waals surface area (Å²) in [5, 5.41) is 3.84. The van der Waals surface area contributed by atoms with Crippen LogP contribution in [-0.4, -0.2) is 27.4 Å². The molecular weight excluding hydrogens is 198 g/mol. The molecule has 1 heterocycles. The van der Waals surface area contributed by atoms with Crippen LogP contribution in [0, 0.1) is 0 Å². The summed E-state index contributed by atoms with van der Waals surface area (Å²) in [5.41, 5.74) is 0.235. The number of hydrogen-bond donors (Lipinski definition) is 0. The van der Waals surface area contributed by atoms with Crippen molar-refractivity contribution in [2.75, 3.05) is 7.11 Å². The Balaban J connectivity index is 2.76. The van der Waals surface area contributed by atoms with Crippen molar-refractivity contribution in [2.24, 2.45) is 7.05 Å². The first kappa shape index (κ1) is 11.2. The van der Waals surface area contributed by atoms with Crippen molar-refractivity contribution in [3.05, 3.63) is 28.5 Å². The van der Waals surface area contributed by atoms with Crippen LogP contribution in [0.4, 0.5) is 0 Å². The molecule has 0 N–H and O–H groups in total. The molecule has 82 valence electrons. The minimum absolute atomic E-state index is 0.219. The van der Waals surface area contributed by atoms with Crippen molar-refractivity contribution in [1.29, 1.82) is 0 Å². The van der Waals surface area contributed by atoms with Crippen LogP contribution in [0.15, 0.2) is 22.8 Å². The number of carbonyl (C=O) groups excluding carboxylic acids is 1. The lowest BCUT2D eigenvalue weighted by molar-refractivity contribution is -0.136. The van der Waals surface area contributed by atoms with Crippen LogP contribution >= 0.6 is 0 Å². The van der Waals surface area contributed by atoms with Gasteiger partial charge in [0.05, 0.1) is 13.7 Å². The molecule has 0 aliphatic carbocycles. The Bertz CT molecular complexity index is 442. The first-order valence-corrected chi connectivity index (χ1v) is 4.39. The fraction of sp³-hybridized carbons (Fsp3) is 0.444. The number of carbonyl (C=O) groups is 1. The predicted octanol–water partition coefficient (Wildman–Crippen LogP) is -0.299. The van der Waals surface area contributed by atoms with Crippen molar-refractivity contribution < 1.29 is 9.53 Å². The lowest BCUT2D eigenvalue weighted by atomic mass is 10.3. The summed E-state index contributed by atoms with van der Waals surface area (Å²) in [6, 6.07) is 0. The SMILES string of the molecule is COC(=O)C(C)=CCn1ncn(C)c1=O. The highest BCUT2D eigenvalue weighted by atomic mass is 16.5. The maximum atomic E-state index is 11.3. The number of aromatic nitrogens is 3. The van der Waals surface area contributed by atoms with Crippen molar-refractivity contribution in [1.82, 2.24) is 14.3 Å². The molecule has 1 aromatic rings. The molecule has 0 saturated carbocycles. The minimum Gasteiger partial charge on any atom is -0.466 e. The standard InChI is InChI=1S/C9H13N3O3/c1-7(8(13)15-3)4-5-12-9(14)11(2)6-10-12/h4,6H,5H2,1-3H3. The van der Waals surface area contributed by atoms with Crippen LogP contribution in [0.3, 0.4) is 0 Å². The summed E-state index contributed by atoms with van der Waals surface area (Å²) < 4.78 is 7.13. The number of rotatable bonds is 3. The second-order valence-electron chi connectivity index (χ2n) is 3.09. The van der Waals surface area contributed by atoms with Crippen LogP contribution in [-0.2, 0) is 23.1 Å². The molecule has 1 rings (SSSR count). The van der Waals surface area contributed by atoms with Gasteiger partial charge in [-0.05, 0) is 6.92 Å². The molecule has 6 nitrogen and oxygen atoms in total. The third-order valence-corrected chi connectivity index (χ3v) is 1.96. The average molecular weight is 211 g/mol. The van der Waals surface area contributed by atoms with E-state index in [-0.39, 0.29) is 12.2 Å². The summed E-state index contributed by atoms with van der Waals surface area (Å²) in [6.07, 6.45) is 3.02. The Hall–Kier alpha value is -1.85. The molecule has 0 spiro atoms. The topological polar surface area (TPSA) is 66.1 Å². The van der Waals surface area contributed by atoms with Crippen LogP contribution in [0.5, 0.6) is 0 Å². The fourth-order valence-electron chi connectivity index (χ4n) is 1.01. The van der Waals surface area contributed by atoms with Crippen molar-refractivity contribution in [2.45, 2.75) is 13.5 Å². The van der Waals surface area contributed by atoms with Crippen LogP contribution < -0.4 is 5.69 Å². The number of methoxy groups -OCH3 is 1. The highest BCUT2D eigenvalue weighted by Crippen LogP contribution is 1.95. The van der Waals surface area contributed by atoms with E-state index in [0.29, 0.717) is 5.57 Å². The van der Waals surface area contributed by atoms with E-state index in [1.807, 2.05) is 0 Å². The van der Waals surface area contributed by atoms with Gasteiger partial charge in [-0.2, -0.15) is 5.10 Å². The summed E-state index contributed by atoms with van der Waals surface area (Å²) in [5.74, 6) is -0.404. The van der Waals surface area contributed by atoms with Crippen LogP contribution in [0.25, 0.3) is 0 Å². The van der Waals surface area contributed by atoms with E-state index in [0.717, 1.165) is 0 Å². The zero-order chi connectivity index (χ0) is 11.4. The zero-order valence-electron chi connectivity index (χ0n) is 8.93. The largest absolute Gasteiger partial charge is 0.466 e. The Kier molecular flexibility index (Phi) is 3.43. The zero-order valence-corrected chi connectivity index (χ0v) is 8.93. The molecule has 1 aromatic heterocycles. The molecule has 0 fully saturated rings. The van der Waals surface area contributed by atoms with Gasteiger partial charge >= 0.3 is 11.7 Å². The van der Waals surface area contributed by atoms with Crippen molar-refractivity contribution in [3.63, 3.8) is 0 Å². The van der Waals surface area contributed by atoms with Gasteiger partial charge in [0.2, 0.25) is 0 Å². The van der Waals surface area contributed by atoms with E-state index in [1.54, 1.807) is 20.0 Å². The van der Waals surface area contributed by atoms with Gasteiger partial charge in [0.1, 0.15) is 6.33 Å². The third-order valence-electron chi connectivity index (χ3n) is 1.96. The maximum absolute atomic E-state index is 11.3. The Morgan fingerprint density at radius 1 is 1.67 bits per heavy atom. The van der Waals surface area contributed by atoms with E-state index < -0.39 is 5.97 Å². The predicted molar refractivity (Wildman–Crippen MR) is 53.2 cm³/mol. The maximum Gasteiger partial charge on any atom is 0.345 e. The molecule has 6 heteroatoms. The highest BCUT2D eigenvalue weighted by molar-refractivity contribution is 5.87. The summed E-state index contributed by atoms with van der Waals surface area (Å²) in [6.45, 7) is 1.89. The molecule has 0 aromatic carbocycles. The summed E-state index contributed by atoms with van der Waals surface area (Å²) >= 11 is 0.